The minimum atomic E-state index is -4.51. The summed E-state index contributed by atoms with van der Waals surface area (Å²) < 4.78 is 51.7. The molecule has 1 aromatic carbocycles. The lowest BCUT2D eigenvalue weighted by Gasteiger charge is -2.13. The van der Waals surface area contributed by atoms with Gasteiger partial charge in [-0.05, 0) is 17.7 Å². The zero-order chi connectivity index (χ0) is 14.0. The number of pyridine rings is 1. The molecule has 6 heteroatoms. The molecule has 0 radical (unpaired) electrons. The maximum atomic E-state index is 13.1. The van der Waals surface area contributed by atoms with Gasteiger partial charge in [-0.1, -0.05) is 18.2 Å². The van der Waals surface area contributed by atoms with Crippen LogP contribution in [-0.2, 0) is 12.8 Å². The summed E-state index contributed by atoms with van der Waals surface area (Å²) in [5.41, 5.74) is -0.961. The fourth-order valence-corrected chi connectivity index (χ4v) is 1.73. The Hall–Kier alpha value is -1.95. The Morgan fingerprint density at radius 1 is 1.16 bits per heavy atom. The Balaban J connectivity index is 2.59. The lowest BCUT2D eigenvalue weighted by Crippen LogP contribution is -2.07. The summed E-state index contributed by atoms with van der Waals surface area (Å²) >= 11 is 0. The Morgan fingerprint density at radius 3 is 2.47 bits per heavy atom. The van der Waals surface area contributed by atoms with Gasteiger partial charge in [-0.25, -0.2) is 4.98 Å². The summed E-state index contributed by atoms with van der Waals surface area (Å²) in [4.78, 5) is 3.36. The first kappa shape index (κ1) is 13.5. The fourth-order valence-electron chi connectivity index (χ4n) is 1.73. The van der Waals surface area contributed by atoms with E-state index in [0.717, 1.165) is 18.3 Å². The third-order valence-corrected chi connectivity index (χ3v) is 2.63. The van der Waals surface area contributed by atoms with Crippen LogP contribution in [0.2, 0.25) is 0 Å². The Morgan fingerprint density at radius 2 is 1.84 bits per heavy atom. The highest BCUT2D eigenvalue weighted by Gasteiger charge is 2.33. The second-order valence-electron chi connectivity index (χ2n) is 3.88. The molecular weight excluding hydrogens is 262 g/mol. The van der Waals surface area contributed by atoms with Gasteiger partial charge in [0, 0.05) is 17.3 Å². The summed E-state index contributed by atoms with van der Waals surface area (Å²) in [7, 11) is 0. The van der Waals surface area contributed by atoms with Gasteiger partial charge in [0.2, 0.25) is 5.95 Å². The van der Waals surface area contributed by atoms with Crippen LogP contribution in [0.15, 0.2) is 36.5 Å². The highest BCUT2D eigenvalue weighted by atomic mass is 19.4. The van der Waals surface area contributed by atoms with Crippen molar-refractivity contribution in [3.05, 3.63) is 53.6 Å². The predicted molar refractivity (Wildman–Crippen MR) is 60.6 cm³/mol. The summed E-state index contributed by atoms with van der Waals surface area (Å²) in [6.45, 7) is -0.624. The van der Waals surface area contributed by atoms with Crippen LogP contribution >= 0.6 is 0 Å². The van der Waals surface area contributed by atoms with E-state index >= 15 is 0 Å². The number of benzene rings is 1. The number of halogens is 4. The van der Waals surface area contributed by atoms with Gasteiger partial charge in [0.1, 0.15) is 0 Å². The molecule has 0 atom stereocenters. The average Bonchev–Trinajstić information content (AvgIpc) is 2.38. The van der Waals surface area contributed by atoms with Crippen LogP contribution < -0.4 is 0 Å². The molecule has 2 nitrogen and oxygen atoms in total. The highest BCUT2D eigenvalue weighted by Crippen LogP contribution is 2.36. The molecule has 0 aliphatic heterocycles. The molecule has 2 aromatic rings. The van der Waals surface area contributed by atoms with Crippen molar-refractivity contribution in [2.75, 3.05) is 0 Å². The molecule has 1 aromatic heterocycles. The number of aliphatic hydroxyl groups is 1. The summed E-state index contributed by atoms with van der Waals surface area (Å²) in [5, 5.41) is 8.92. The third kappa shape index (κ3) is 2.73. The molecule has 1 N–H and O–H groups in total. The molecule has 0 fully saturated rings. The van der Waals surface area contributed by atoms with Gasteiger partial charge in [-0.15, -0.1) is 0 Å². The van der Waals surface area contributed by atoms with Crippen molar-refractivity contribution in [2.45, 2.75) is 12.8 Å². The number of hydrogen-bond acceptors (Lipinski definition) is 2. The van der Waals surface area contributed by atoms with E-state index in [1.54, 1.807) is 0 Å². The molecule has 0 spiro atoms. The second-order valence-corrected chi connectivity index (χ2v) is 3.88. The monoisotopic (exact) mass is 271 g/mol. The van der Waals surface area contributed by atoms with E-state index in [1.165, 1.54) is 18.2 Å². The van der Waals surface area contributed by atoms with Crippen molar-refractivity contribution >= 4 is 0 Å². The van der Waals surface area contributed by atoms with Crippen LogP contribution in [0.5, 0.6) is 0 Å². The average molecular weight is 271 g/mol. The molecule has 1 heterocycles. The van der Waals surface area contributed by atoms with Gasteiger partial charge in [-0.2, -0.15) is 17.6 Å². The van der Waals surface area contributed by atoms with E-state index in [-0.39, 0.29) is 16.7 Å². The van der Waals surface area contributed by atoms with Gasteiger partial charge >= 0.3 is 6.18 Å². The minimum Gasteiger partial charge on any atom is -0.392 e. The molecule has 100 valence electrons. The first-order chi connectivity index (χ1) is 8.93. The van der Waals surface area contributed by atoms with Gasteiger partial charge in [0.25, 0.3) is 0 Å². The maximum absolute atomic E-state index is 13.1. The van der Waals surface area contributed by atoms with E-state index in [0.29, 0.717) is 0 Å². The minimum absolute atomic E-state index is 0.0998. The third-order valence-electron chi connectivity index (χ3n) is 2.63. The van der Waals surface area contributed by atoms with Crippen molar-refractivity contribution in [1.82, 2.24) is 4.98 Å². The zero-order valence-electron chi connectivity index (χ0n) is 9.58. The van der Waals surface area contributed by atoms with Crippen LogP contribution in [-0.4, -0.2) is 10.1 Å². The zero-order valence-corrected chi connectivity index (χ0v) is 9.58. The standard InChI is InChI=1S/C13H9F4NO/c14-12-9(7-19)5-8(6-18-12)10-3-1-2-4-11(10)13(15,16)17/h1-6,19H,7H2. The first-order valence-electron chi connectivity index (χ1n) is 5.35. The Kier molecular flexibility index (Phi) is 3.53. The molecule has 0 aliphatic carbocycles. The number of aromatic nitrogens is 1. The van der Waals surface area contributed by atoms with Crippen LogP contribution in [0.1, 0.15) is 11.1 Å². The smallest absolute Gasteiger partial charge is 0.392 e. The molecule has 0 aliphatic rings. The summed E-state index contributed by atoms with van der Waals surface area (Å²) in [6, 6.07) is 6.10. The second kappa shape index (κ2) is 4.97. The van der Waals surface area contributed by atoms with Crippen molar-refractivity contribution < 1.29 is 22.7 Å². The number of alkyl halides is 3. The van der Waals surface area contributed by atoms with Gasteiger partial charge in [0.15, 0.2) is 0 Å². The van der Waals surface area contributed by atoms with E-state index in [4.69, 9.17) is 5.11 Å². The summed E-state index contributed by atoms with van der Waals surface area (Å²) in [5.74, 6) is -0.893. The molecule has 0 bridgehead atoms. The van der Waals surface area contributed by atoms with Crippen LogP contribution in [0.3, 0.4) is 0 Å². The van der Waals surface area contributed by atoms with E-state index in [1.807, 2.05) is 0 Å². The first-order valence-corrected chi connectivity index (χ1v) is 5.35. The van der Waals surface area contributed by atoms with Gasteiger partial charge < -0.3 is 5.11 Å². The predicted octanol–water partition coefficient (Wildman–Crippen LogP) is 3.40. The van der Waals surface area contributed by atoms with Crippen molar-refractivity contribution in [3.63, 3.8) is 0 Å². The van der Waals surface area contributed by atoms with E-state index < -0.39 is 24.3 Å². The molecule has 0 saturated heterocycles. The molecule has 0 amide bonds. The van der Waals surface area contributed by atoms with Crippen LogP contribution in [0.25, 0.3) is 11.1 Å². The lowest BCUT2D eigenvalue weighted by atomic mass is 10.00. The summed E-state index contributed by atoms with van der Waals surface area (Å²) in [6.07, 6.45) is -3.50. The fraction of sp³-hybridized carbons (Fsp3) is 0.154. The number of hydrogen-bond donors (Lipinski definition) is 1. The van der Waals surface area contributed by atoms with E-state index in [9.17, 15) is 17.6 Å². The number of aliphatic hydroxyl groups excluding tert-OH is 1. The normalized spacial score (nSPS) is 11.6. The number of rotatable bonds is 2. The van der Waals surface area contributed by atoms with Crippen LogP contribution in [0, 0.1) is 5.95 Å². The quantitative estimate of drug-likeness (QED) is 0.670. The van der Waals surface area contributed by atoms with Gasteiger partial charge in [0.05, 0.1) is 12.2 Å². The van der Waals surface area contributed by atoms with Crippen LogP contribution in [0.4, 0.5) is 17.6 Å². The molecule has 0 unspecified atom stereocenters. The SMILES string of the molecule is OCc1cc(-c2ccccc2C(F)(F)F)cnc1F. The van der Waals surface area contributed by atoms with Gasteiger partial charge in [-0.3, -0.25) is 0 Å². The topological polar surface area (TPSA) is 33.1 Å². The lowest BCUT2D eigenvalue weighted by molar-refractivity contribution is -0.137. The highest BCUT2D eigenvalue weighted by molar-refractivity contribution is 5.67. The Labute approximate surface area is 106 Å². The Bertz CT molecular complexity index is 595. The molecule has 2 rings (SSSR count). The van der Waals surface area contributed by atoms with Crippen molar-refractivity contribution in [2.24, 2.45) is 0 Å². The van der Waals surface area contributed by atoms with Crippen molar-refractivity contribution in [3.8, 4) is 11.1 Å². The molecule has 19 heavy (non-hydrogen) atoms. The maximum Gasteiger partial charge on any atom is 0.417 e. The van der Waals surface area contributed by atoms with E-state index in [2.05, 4.69) is 4.98 Å². The van der Waals surface area contributed by atoms with Crippen molar-refractivity contribution in [1.29, 1.82) is 0 Å². The molecule has 0 saturated carbocycles. The molecular formula is C13H9F4NO. The largest absolute Gasteiger partial charge is 0.417 e. The number of nitrogens with zero attached hydrogens (tertiary/aromatic N) is 1.